The lowest BCUT2D eigenvalue weighted by molar-refractivity contribution is -0.144. The largest absolute Gasteiger partial charge is 0.497 e. The van der Waals surface area contributed by atoms with Gasteiger partial charge in [-0.1, -0.05) is 38.1 Å². The van der Waals surface area contributed by atoms with E-state index in [4.69, 9.17) is 10.5 Å². The number of aromatic nitrogens is 1. The van der Waals surface area contributed by atoms with Gasteiger partial charge in [-0.3, -0.25) is 18.8 Å². The van der Waals surface area contributed by atoms with Gasteiger partial charge in [-0.15, -0.1) is 0 Å². The number of benzene rings is 2. The standard InChI is InChI=1S/C36H44N4O3.C2H7NS/c1-21(2)38-18-24-10-11-25(19-38)40(24)35(42)36-17-30(36)29-16-26(43-3)12-14-27(29)33-32(22-7-5-4-6-8-22)28-13-9-23(34(37)41)15-31(28)39(33)20-36;1-3(2)4/h9,12-16,21-22,24-25,30H,4-8,10-11,17-20H2,1-3H3,(H2,37,41);4H,1-2H3. The quantitative estimate of drug-likeness (QED) is 0.309. The molecule has 2 saturated carbocycles. The maximum absolute atomic E-state index is 15.0. The molecule has 2 N–H and O–H groups in total. The molecule has 8 nitrogen and oxygen atoms in total. The van der Waals surface area contributed by atoms with Crippen LogP contribution < -0.4 is 10.5 Å². The second-order valence-corrected chi connectivity index (χ2v) is 15.9. The minimum Gasteiger partial charge on any atom is -0.497 e. The molecular weight excluding hydrogens is 607 g/mol. The third-order valence-corrected chi connectivity index (χ3v) is 11.7. The van der Waals surface area contributed by atoms with Crippen molar-refractivity contribution >= 4 is 35.5 Å². The van der Waals surface area contributed by atoms with Crippen LogP contribution in [-0.2, 0) is 11.3 Å². The average molecular weight is 658 g/mol. The fourth-order valence-corrected chi connectivity index (χ4v) is 9.38. The molecule has 9 heteroatoms. The van der Waals surface area contributed by atoms with Gasteiger partial charge in [-0.2, -0.15) is 0 Å². The maximum atomic E-state index is 15.0. The van der Waals surface area contributed by atoms with Crippen molar-refractivity contribution in [1.29, 1.82) is 0 Å². The molecular formula is C38H51N5O3S. The number of carbonyl (C=O) groups excluding carboxylic acids is 2. The van der Waals surface area contributed by atoms with Gasteiger partial charge in [0.15, 0.2) is 0 Å². The molecule has 3 aliphatic heterocycles. The Balaban J connectivity index is 0.000000833. The van der Waals surface area contributed by atoms with Crippen LogP contribution in [0.3, 0.4) is 0 Å². The summed E-state index contributed by atoms with van der Waals surface area (Å²) in [5, 5.41) is 1.21. The predicted molar refractivity (Wildman–Crippen MR) is 191 cm³/mol. The molecule has 3 aromatic rings. The summed E-state index contributed by atoms with van der Waals surface area (Å²) in [6.07, 6.45) is 9.15. The first-order chi connectivity index (χ1) is 22.5. The highest BCUT2D eigenvalue weighted by atomic mass is 32.1. The number of hydrogen-bond donors (Lipinski definition) is 2. The number of hydrogen-bond acceptors (Lipinski definition) is 6. The number of methoxy groups -OCH3 is 1. The Bertz CT molecular complexity index is 1680. The van der Waals surface area contributed by atoms with E-state index in [1.807, 2.05) is 26.2 Å². The van der Waals surface area contributed by atoms with Crippen molar-refractivity contribution in [2.24, 2.45) is 11.1 Å². The molecule has 2 saturated heterocycles. The van der Waals surface area contributed by atoms with Crippen molar-refractivity contribution in [3.8, 4) is 17.0 Å². The molecule has 4 atom stereocenters. The summed E-state index contributed by atoms with van der Waals surface area (Å²) in [5.74, 6) is 1.38. The van der Waals surface area contributed by atoms with Crippen LogP contribution in [-0.4, -0.2) is 82.9 Å². The molecule has 1 aromatic heterocycles. The van der Waals surface area contributed by atoms with Crippen LogP contribution in [0.4, 0.5) is 0 Å². The highest BCUT2D eigenvalue weighted by Gasteiger charge is 2.65. The average Bonchev–Trinajstić information content (AvgIpc) is 3.65. The van der Waals surface area contributed by atoms with Crippen LogP contribution in [0, 0.1) is 5.41 Å². The minimum absolute atomic E-state index is 0.154. The Hall–Kier alpha value is -3.01. The zero-order valence-corrected chi connectivity index (χ0v) is 29.6. The Morgan fingerprint density at radius 3 is 2.30 bits per heavy atom. The molecule has 5 aliphatic rings. The zero-order valence-electron chi connectivity index (χ0n) is 28.7. The lowest BCUT2D eigenvalue weighted by Crippen LogP contribution is -2.59. The van der Waals surface area contributed by atoms with Gasteiger partial charge in [0.25, 0.3) is 0 Å². The lowest BCUT2D eigenvalue weighted by atomic mass is 9.81. The van der Waals surface area contributed by atoms with Gasteiger partial charge >= 0.3 is 0 Å². The first-order valence-corrected chi connectivity index (χ1v) is 18.0. The van der Waals surface area contributed by atoms with Crippen molar-refractivity contribution in [1.82, 2.24) is 18.7 Å². The van der Waals surface area contributed by atoms with Gasteiger partial charge in [0, 0.05) is 65.7 Å². The summed E-state index contributed by atoms with van der Waals surface area (Å²) in [7, 11) is 5.46. The highest BCUT2D eigenvalue weighted by molar-refractivity contribution is 7.77. The first kappa shape index (κ1) is 32.5. The smallest absolute Gasteiger partial charge is 0.248 e. The SMILES string of the molecule is CN(C)S.COc1ccc2c(c1)C1CC1(C(=O)N1C3CCC1CN(C(C)C)C3)Cn1c-2c(C2CCCCC2)c2ccc(C(N)=O)cc21. The lowest BCUT2D eigenvalue weighted by Gasteiger charge is -2.44. The van der Waals surface area contributed by atoms with Gasteiger partial charge in [0.05, 0.1) is 18.2 Å². The molecule has 252 valence electrons. The number of nitrogens with two attached hydrogens (primary N) is 1. The molecule has 4 fully saturated rings. The predicted octanol–water partition coefficient (Wildman–Crippen LogP) is 6.43. The molecule has 2 amide bonds. The van der Waals surface area contributed by atoms with E-state index in [9.17, 15) is 9.59 Å². The number of carbonyl (C=O) groups is 2. The molecule has 2 aliphatic carbocycles. The maximum Gasteiger partial charge on any atom is 0.248 e. The third kappa shape index (κ3) is 5.56. The van der Waals surface area contributed by atoms with Crippen molar-refractivity contribution in [2.45, 2.75) is 102 Å². The number of rotatable bonds is 5. The summed E-state index contributed by atoms with van der Waals surface area (Å²) in [6.45, 7) is 7.11. The number of primary amides is 1. The molecule has 47 heavy (non-hydrogen) atoms. The van der Waals surface area contributed by atoms with Crippen LogP contribution in [0.5, 0.6) is 5.75 Å². The summed E-state index contributed by atoms with van der Waals surface area (Å²) in [5.41, 5.74) is 12.0. The second-order valence-electron chi connectivity index (χ2n) is 15.1. The number of likely N-dealkylation sites (tertiary alicyclic amines) is 1. The van der Waals surface area contributed by atoms with E-state index in [1.165, 1.54) is 59.9 Å². The third-order valence-electron chi connectivity index (χ3n) is 11.7. The number of fused-ring (bicyclic) bond motifs is 9. The number of piperazine rings is 1. The fraction of sp³-hybridized carbons (Fsp3) is 0.579. The normalized spacial score (nSPS) is 26.7. The van der Waals surface area contributed by atoms with Crippen LogP contribution in [0.1, 0.15) is 98.5 Å². The Kier molecular flexibility index (Phi) is 8.63. The Labute approximate surface area is 285 Å². The topological polar surface area (TPSA) is 84.0 Å². The van der Waals surface area contributed by atoms with E-state index < -0.39 is 11.3 Å². The number of nitrogens with zero attached hydrogens (tertiary/aromatic N) is 4. The van der Waals surface area contributed by atoms with Gasteiger partial charge < -0.3 is 19.9 Å². The van der Waals surface area contributed by atoms with Gasteiger partial charge in [-0.05, 0) is 107 Å². The van der Waals surface area contributed by atoms with Crippen molar-refractivity contribution in [3.05, 3.63) is 53.1 Å². The minimum atomic E-state index is -0.494. The van der Waals surface area contributed by atoms with E-state index in [1.54, 1.807) is 11.4 Å². The van der Waals surface area contributed by atoms with Crippen LogP contribution in [0.15, 0.2) is 36.4 Å². The molecule has 0 spiro atoms. The first-order valence-electron chi connectivity index (χ1n) is 17.6. The molecule has 8 rings (SSSR count). The summed E-state index contributed by atoms with van der Waals surface area (Å²) < 4.78 is 9.87. The van der Waals surface area contributed by atoms with Crippen molar-refractivity contribution in [3.63, 3.8) is 0 Å². The summed E-state index contributed by atoms with van der Waals surface area (Å²) in [6, 6.07) is 13.6. The van der Waals surface area contributed by atoms with Crippen molar-refractivity contribution in [2.75, 3.05) is 34.3 Å². The molecule has 2 bridgehead atoms. The van der Waals surface area contributed by atoms with E-state index in [2.05, 4.69) is 65.3 Å². The van der Waals surface area contributed by atoms with Crippen LogP contribution in [0.25, 0.3) is 22.2 Å². The van der Waals surface area contributed by atoms with E-state index in [0.717, 1.165) is 43.6 Å². The van der Waals surface area contributed by atoms with Gasteiger partial charge in [0.1, 0.15) is 5.75 Å². The molecule has 0 radical (unpaired) electrons. The fourth-order valence-electron chi connectivity index (χ4n) is 9.38. The monoisotopic (exact) mass is 657 g/mol. The summed E-state index contributed by atoms with van der Waals surface area (Å²) >= 11 is 3.80. The van der Waals surface area contributed by atoms with Crippen LogP contribution in [0.2, 0.25) is 0 Å². The number of thiol groups is 1. The number of amides is 2. The van der Waals surface area contributed by atoms with Crippen LogP contribution >= 0.6 is 12.8 Å². The Morgan fingerprint density at radius 2 is 1.68 bits per heavy atom. The van der Waals surface area contributed by atoms with Gasteiger partial charge in [0.2, 0.25) is 11.8 Å². The van der Waals surface area contributed by atoms with Crippen molar-refractivity contribution < 1.29 is 14.3 Å². The Morgan fingerprint density at radius 1 is 1.00 bits per heavy atom. The molecule has 4 unspecified atom stereocenters. The van der Waals surface area contributed by atoms with Gasteiger partial charge in [-0.25, -0.2) is 0 Å². The highest BCUT2D eigenvalue weighted by Crippen LogP contribution is 2.66. The van der Waals surface area contributed by atoms with E-state index in [-0.39, 0.29) is 18.0 Å². The number of ether oxygens (including phenoxy) is 1. The second kappa shape index (κ2) is 12.5. The van der Waals surface area contributed by atoms with E-state index >= 15 is 0 Å². The summed E-state index contributed by atoms with van der Waals surface area (Å²) in [4.78, 5) is 32.3. The van der Waals surface area contributed by atoms with E-state index in [0.29, 0.717) is 30.0 Å². The molecule has 4 heterocycles. The molecule has 2 aromatic carbocycles. The zero-order chi connectivity index (χ0) is 33.2.